The number of carbonyl (C=O) groups excluding carboxylic acids is 1. The Morgan fingerprint density at radius 2 is 2.24 bits per heavy atom. The summed E-state index contributed by atoms with van der Waals surface area (Å²) in [5.41, 5.74) is 1.36. The third kappa shape index (κ3) is 3.90. The highest BCUT2D eigenvalue weighted by Crippen LogP contribution is 2.03. The number of aromatic nitrogens is 2. The topological polar surface area (TPSA) is 84.2 Å². The van der Waals surface area contributed by atoms with Crippen LogP contribution in [0.2, 0.25) is 0 Å². The first-order valence-electron chi connectivity index (χ1n) is 5.57. The number of carbonyl (C=O) groups is 2. The lowest BCUT2D eigenvalue weighted by Crippen LogP contribution is -2.26. The fraction of sp³-hybridized carbons (Fsp3) is 0.545. The van der Waals surface area contributed by atoms with Crippen LogP contribution in [0, 0.1) is 0 Å². The van der Waals surface area contributed by atoms with Crippen LogP contribution in [-0.4, -0.2) is 33.3 Å². The van der Waals surface area contributed by atoms with Gasteiger partial charge in [0.15, 0.2) is 0 Å². The van der Waals surface area contributed by atoms with Crippen LogP contribution in [0.4, 0.5) is 0 Å². The summed E-state index contributed by atoms with van der Waals surface area (Å²) >= 11 is 0. The van der Waals surface area contributed by atoms with Crippen LogP contribution in [0.1, 0.15) is 35.9 Å². The molecule has 0 aliphatic rings. The van der Waals surface area contributed by atoms with Crippen molar-refractivity contribution in [3.63, 3.8) is 0 Å². The molecule has 17 heavy (non-hydrogen) atoms. The number of carboxylic acid groups (broad SMARTS) is 1. The van der Waals surface area contributed by atoms with Crippen LogP contribution in [0.15, 0.2) is 6.07 Å². The molecule has 0 spiro atoms. The van der Waals surface area contributed by atoms with Crippen LogP contribution < -0.4 is 5.32 Å². The Bertz CT molecular complexity index is 412. The Kier molecular flexibility index (Phi) is 4.68. The van der Waals surface area contributed by atoms with E-state index in [1.165, 1.54) is 4.68 Å². The van der Waals surface area contributed by atoms with Gasteiger partial charge in [-0.2, -0.15) is 5.10 Å². The van der Waals surface area contributed by atoms with Crippen molar-refractivity contribution in [1.82, 2.24) is 15.1 Å². The minimum atomic E-state index is -0.854. The van der Waals surface area contributed by atoms with Gasteiger partial charge >= 0.3 is 5.97 Å². The van der Waals surface area contributed by atoms with Crippen molar-refractivity contribution >= 4 is 11.9 Å². The average molecular weight is 239 g/mol. The molecule has 6 heteroatoms. The predicted octanol–water partition coefficient (Wildman–Crippen LogP) is 0.577. The molecule has 94 valence electrons. The molecule has 1 rings (SSSR count). The molecule has 0 saturated carbocycles. The molecule has 0 fully saturated rings. The van der Waals surface area contributed by atoms with Gasteiger partial charge in [0, 0.05) is 20.0 Å². The maximum absolute atomic E-state index is 11.7. The summed E-state index contributed by atoms with van der Waals surface area (Å²) in [5.74, 6) is -1.07. The van der Waals surface area contributed by atoms with E-state index in [-0.39, 0.29) is 12.3 Å². The van der Waals surface area contributed by atoms with E-state index in [9.17, 15) is 9.59 Å². The van der Waals surface area contributed by atoms with E-state index in [0.29, 0.717) is 18.7 Å². The molecule has 0 unspecified atom stereocenters. The summed E-state index contributed by atoms with van der Waals surface area (Å²) in [7, 11) is 1.71. The van der Waals surface area contributed by atoms with E-state index in [1.807, 2.05) is 6.92 Å². The zero-order chi connectivity index (χ0) is 12.8. The molecule has 1 amide bonds. The lowest BCUT2D eigenvalue weighted by molar-refractivity contribution is -0.137. The third-order valence-electron chi connectivity index (χ3n) is 2.38. The van der Waals surface area contributed by atoms with Crippen molar-refractivity contribution < 1.29 is 14.7 Å². The minimum Gasteiger partial charge on any atom is -0.481 e. The molecular weight excluding hydrogens is 222 g/mol. The van der Waals surface area contributed by atoms with Crippen LogP contribution >= 0.6 is 0 Å². The molecule has 0 saturated heterocycles. The molecule has 1 aromatic rings. The number of aryl methyl sites for hydroxylation is 2. The van der Waals surface area contributed by atoms with Gasteiger partial charge in [0.1, 0.15) is 5.69 Å². The first kappa shape index (κ1) is 13.2. The number of aliphatic carboxylic acids is 1. The summed E-state index contributed by atoms with van der Waals surface area (Å²) in [6.45, 7) is 2.33. The van der Waals surface area contributed by atoms with E-state index in [1.54, 1.807) is 13.1 Å². The first-order valence-corrected chi connectivity index (χ1v) is 5.57. The summed E-state index contributed by atoms with van der Waals surface area (Å²) in [4.78, 5) is 22.0. The summed E-state index contributed by atoms with van der Waals surface area (Å²) < 4.78 is 1.53. The number of carboxylic acids is 1. The summed E-state index contributed by atoms with van der Waals surface area (Å²) in [5, 5.41) is 15.3. The largest absolute Gasteiger partial charge is 0.481 e. The molecule has 2 N–H and O–H groups in total. The third-order valence-corrected chi connectivity index (χ3v) is 2.38. The minimum absolute atomic E-state index is 0.0614. The highest BCUT2D eigenvalue weighted by Gasteiger charge is 2.11. The van der Waals surface area contributed by atoms with Gasteiger partial charge in [-0.15, -0.1) is 0 Å². The number of nitrogens with one attached hydrogen (secondary N) is 1. The lowest BCUT2D eigenvalue weighted by atomic mass is 10.3. The Labute approximate surface area is 99.6 Å². The van der Waals surface area contributed by atoms with Gasteiger partial charge < -0.3 is 10.4 Å². The normalized spacial score (nSPS) is 10.2. The van der Waals surface area contributed by atoms with Crippen molar-refractivity contribution in [3.8, 4) is 0 Å². The van der Waals surface area contributed by atoms with E-state index in [4.69, 9.17) is 5.11 Å². The second-order valence-corrected chi connectivity index (χ2v) is 3.75. The summed E-state index contributed by atoms with van der Waals surface area (Å²) in [6, 6.07) is 1.74. The van der Waals surface area contributed by atoms with Crippen molar-refractivity contribution in [1.29, 1.82) is 0 Å². The van der Waals surface area contributed by atoms with Crippen LogP contribution in [-0.2, 0) is 18.3 Å². The molecular formula is C11H17N3O3. The average Bonchev–Trinajstić information content (AvgIpc) is 2.65. The van der Waals surface area contributed by atoms with Crippen LogP contribution in [0.25, 0.3) is 0 Å². The number of amides is 1. The Morgan fingerprint density at radius 1 is 1.53 bits per heavy atom. The summed E-state index contributed by atoms with van der Waals surface area (Å²) in [6.07, 6.45) is 1.27. The lowest BCUT2D eigenvalue weighted by Gasteiger charge is -2.03. The van der Waals surface area contributed by atoms with Gasteiger partial charge in [0.2, 0.25) is 0 Å². The van der Waals surface area contributed by atoms with Crippen LogP contribution in [0.5, 0.6) is 0 Å². The van der Waals surface area contributed by atoms with E-state index in [2.05, 4.69) is 10.4 Å². The van der Waals surface area contributed by atoms with Gasteiger partial charge in [0.05, 0.1) is 5.69 Å². The highest BCUT2D eigenvalue weighted by atomic mass is 16.4. The van der Waals surface area contributed by atoms with Crippen molar-refractivity contribution in [2.75, 3.05) is 6.54 Å². The zero-order valence-electron chi connectivity index (χ0n) is 10.1. The van der Waals surface area contributed by atoms with Gasteiger partial charge in [-0.05, 0) is 18.9 Å². The van der Waals surface area contributed by atoms with Crippen molar-refractivity contribution in [3.05, 3.63) is 17.5 Å². The van der Waals surface area contributed by atoms with Gasteiger partial charge in [-0.1, -0.05) is 6.92 Å². The number of hydrogen-bond donors (Lipinski definition) is 2. The van der Waals surface area contributed by atoms with Gasteiger partial charge in [-0.3, -0.25) is 14.3 Å². The van der Waals surface area contributed by atoms with E-state index < -0.39 is 5.97 Å². The number of rotatable bonds is 6. The highest BCUT2D eigenvalue weighted by molar-refractivity contribution is 5.92. The second kappa shape index (κ2) is 6.03. The standard InChI is InChI=1S/C11H17N3O3/c1-3-8-7-9(14(2)13-8)11(17)12-6-4-5-10(15)16/h7H,3-6H2,1-2H3,(H,12,17)(H,15,16). The molecule has 0 aliphatic heterocycles. The smallest absolute Gasteiger partial charge is 0.303 e. The molecule has 0 bridgehead atoms. The van der Waals surface area contributed by atoms with Crippen LogP contribution in [0.3, 0.4) is 0 Å². The molecule has 0 radical (unpaired) electrons. The second-order valence-electron chi connectivity index (χ2n) is 3.75. The fourth-order valence-electron chi connectivity index (χ4n) is 1.44. The fourth-order valence-corrected chi connectivity index (χ4v) is 1.44. The van der Waals surface area contributed by atoms with E-state index >= 15 is 0 Å². The maximum atomic E-state index is 11.7. The quantitative estimate of drug-likeness (QED) is 0.711. The Morgan fingerprint density at radius 3 is 2.76 bits per heavy atom. The molecule has 6 nitrogen and oxygen atoms in total. The molecule has 0 atom stereocenters. The SMILES string of the molecule is CCc1cc(C(=O)NCCCC(=O)O)n(C)n1. The molecule has 1 heterocycles. The maximum Gasteiger partial charge on any atom is 0.303 e. The monoisotopic (exact) mass is 239 g/mol. The van der Waals surface area contributed by atoms with Crippen molar-refractivity contribution in [2.45, 2.75) is 26.2 Å². The predicted molar refractivity (Wildman–Crippen MR) is 61.8 cm³/mol. The Hall–Kier alpha value is -1.85. The van der Waals surface area contributed by atoms with Gasteiger partial charge in [0.25, 0.3) is 5.91 Å². The number of nitrogens with zero attached hydrogens (tertiary/aromatic N) is 2. The molecule has 1 aromatic heterocycles. The van der Waals surface area contributed by atoms with Crippen molar-refractivity contribution in [2.24, 2.45) is 7.05 Å². The van der Waals surface area contributed by atoms with E-state index in [0.717, 1.165) is 12.1 Å². The molecule has 0 aromatic carbocycles. The first-order chi connectivity index (χ1) is 8.04. The van der Waals surface area contributed by atoms with Gasteiger partial charge in [-0.25, -0.2) is 0 Å². The zero-order valence-corrected chi connectivity index (χ0v) is 10.1. The Balaban J connectivity index is 2.46. The molecule has 0 aliphatic carbocycles. The number of hydrogen-bond acceptors (Lipinski definition) is 3.